The van der Waals surface area contributed by atoms with Crippen LogP contribution in [0.1, 0.15) is 53.0 Å². The molecule has 0 radical (unpaired) electrons. The fraction of sp³-hybridized carbons (Fsp3) is 0.275. The van der Waals surface area contributed by atoms with Gasteiger partial charge < -0.3 is 20.0 Å². The topological polar surface area (TPSA) is 131 Å². The van der Waals surface area contributed by atoms with Crippen molar-refractivity contribution in [2.45, 2.75) is 50.0 Å². The second kappa shape index (κ2) is 17.7. The van der Waals surface area contributed by atoms with Crippen LogP contribution in [0.5, 0.6) is 0 Å². The average molecular weight is 784 g/mol. The van der Waals surface area contributed by atoms with Crippen LogP contribution < -0.4 is 0 Å². The summed E-state index contributed by atoms with van der Waals surface area (Å²) in [7, 11) is 0. The maximum atomic E-state index is 13.9. The van der Waals surface area contributed by atoms with Crippen LogP contribution in [0.2, 0.25) is 0 Å². The zero-order chi connectivity index (χ0) is 37.5. The maximum Gasteiger partial charge on any atom is 0.416 e. The molecule has 2 fully saturated rings. The van der Waals surface area contributed by atoms with E-state index in [2.05, 4.69) is 15.2 Å². The summed E-state index contributed by atoms with van der Waals surface area (Å²) in [4.78, 5) is 60.2. The summed E-state index contributed by atoms with van der Waals surface area (Å²) in [6.45, 7) is 1.12. The molecule has 10 nitrogen and oxygen atoms in total. The number of carboxylic acid groups (broad SMARTS) is 1. The van der Waals surface area contributed by atoms with Crippen molar-refractivity contribution in [2.75, 3.05) is 19.7 Å². The van der Waals surface area contributed by atoms with Gasteiger partial charge in [-0.2, -0.15) is 13.2 Å². The molecule has 1 N–H and O–H groups in total. The number of nitrogens with zero attached hydrogens (tertiary/aromatic N) is 4. The summed E-state index contributed by atoms with van der Waals surface area (Å²) < 4.78 is 46.5. The predicted octanol–water partition coefficient (Wildman–Crippen LogP) is 7.34. The summed E-state index contributed by atoms with van der Waals surface area (Å²) >= 11 is 0. The van der Waals surface area contributed by atoms with E-state index in [0.29, 0.717) is 30.6 Å². The second-order valence-corrected chi connectivity index (χ2v) is 12.8. The van der Waals surface area contributed by atoms with E-state index in [-0.39, 0.29) is 52.5 Å². The molecule has 4 aromatic carbocycles. The predicted molar refractivity (Wildman–Crippen MR) is 190 cm³/mol. The number of ether oxygens (including phenoxy) is 1. The van der Waals surface area contributed by atoms with Gasteiger partial charge in [-0.15, -0.1) is 5.69 Å². The van der Waals surface area contributed by atoms with Gasteiger partial charge in [0.2, 0.25) is 5.91 Å². The summed E-state index contributed by atoms with van der Waals surface area (Å²) in [5.74, 6) is -4.18. The largest absolute Gasteiger partial charge is 0.625 e. The molecule has 3 amide bonds. The fourth-order valence-corrected chi connectivity index (χ4v) is 6.71. The van der Waals surface area contributed by atoms with Crippen molar-refractivity contribution in [3.8, 4) is 0 Å². The zero-order valence-electron chi connectivity index (χ0n) is 28.8. The number of likely N-dealkylation sites (tertiary alicyclic amines) is 1. The number of alkyl halides is 3. The number of amides is 3. The van der Waals surface area contributed by atoms with Crippen molar-refractivity contribution >= 4 is 35.3 Å². The van der Waals surface area contributed by atoms with Gasteiger partial charge in [0.1, 0.15) is 6.61 Å². The average Bonchev–Trinajstić information content (AvgIpc) is 3.81. The quantitative estimate of drug-likeness (QED) is 0.118. The molecule has 4 aromatic rings. The molecule has 2 saturated heterocycles. The van der Waals surface area contributed by atoms with Gasteiger partial charge in [-0.1, -0.05) is 103 Å². The van der Waals surface area contributed by atoms with Crippen LogP contribution in [0.4, 0.5) is 23.7 Å². The number of carbonyl (C=O) groups is 4. The summed E-state index contributed by atoms with van der Waals surface area (Å²) in [6.07, 6.45) is -4.94. The van der Waals surface area contributed by atoms with E-state index in [0.717, 1.165) is 35.1 Å². The molecule has 284 valence electrons. The molecule has 0 bridgehead atoms. The van der Waals surface area contributed by atoms with Crippen molar-refractivity contribution in [3.05, 3.63) is 142 Å². The Morgan fingerprint density at radius 1 is 0.907 bits per heavy atom. The molecular formula is C40H36F3N4NiO6-. The number of hydrogen-bond acceptors (Lipinski definition) is 7. The number of para-hydroxylation sites is 1. The maximum absolute atomic E-state index is 13.9. The molecule has 0 aromatic heterocycles. The van der Waals surface area contributed by atoms with E-state index in [1.54, 1.807) is 54.6 Å². The van der Waals surface area contributed by atoms with Crippen molar-refractivity contribution in [1.29, 1.82) is 0 Å². The van der Waals surface area contributed by atoms with Crippen molar-refractivity contribution in [1.82, 2.24) is 9.80 Å². The summed E-state index contributed by atoms with van der Waals surface area (Å²) in [5.41, 5.74) is 0.976. The molecule has 3 atom stereocenters. The first-order chi connectivity index (χ1) is 25.5. The molecule has 2 heterocycles. The normalized spacial score (nSPS) is 17.3. The Bertz CT molecular complexity index is 2000. The number of halogens is 3. The Balaban J connectivity index is 0.00000561. The van der Waals surface area contributed by atoms with Gasteiger partial charge in [0.15, 0.2) is 6.04 Å². The number of imide groups is 1. The van der Waals surface area contributed by atoms with Crippen molar-refractivity contribution in [3.63, 3.8) is 0 Å². The number of cyclic esters (lactones) is 1. The van der Waals surface area contributed by atoms with Gasteiger partial charge in [-0.25, -0.2) is 14.5 Å². The summed E-state index contributed by atoms with van der Waals surface area (Å²) in [5, 5.41) is 15.2. The molecule has 0 saturated carbocycles. The number of carboxylic acids is 1. The van der Waals surface area contributed by atoms with Crippen molar-refractivity contribution in [2.24, 2.45) is 4.99 Å². The van der Waals surface area contributed by atoms with Gasteiger partial charge in [-0.05, 0) is 42.1 Å². The van der Waals surface area contributed by atoms with Crippen LogP contribution in [-0.4, -0.2) is 76.3 Å². The van der Waals surface area contributed by atoms with Gasteiger partial charge >= 0.3 is 18.2 Å². The smallest absolute Gasteiger partial charge is 0.416 e. The third kappa shape index (κ3) is 9.42. The Hall–Kier alpha value is -5.33. The molecule has 2 aliphatic heterocycles. The van der Waals surface area contributed by atoms with E-state index in [9.17, 15) is 37.5 Å². The van der Waals surface area contributed by atoms with Crippen LogP contribution in [0, 0.1) is 0 Å². The number of benzene rings is 4. The van der Waals surface area contributed by atoms with E-state index < -0.39 is 54.1 Å². The third-order valence-electron chi connectivity index (χ3n) is 9.32. The number of hydrogen-bond donors (Lipinski definition) is 1. The van der Waals surface area contributed by atoms with Gasteiger partial charge in [0.25, 0.3) is 0 Å². The minimum atomic E-state index is -4.76. The first-order valence-corrected chi connectivity index (χ1v) is 17.1. The van der Waals surface area contributed by atoms with Crippen LogP contribution >= 0.6 is 0 Å². The van der Waals surface area contributed by atoms with Crippen LogP contribution in [0.15, 0.2) is 114 Å². The van der Waals surface area contributed by atoms with Crippen LogP contribution in [-0.2, 0) is 48.3 Å². The van der Waals surface area contributed by atoms with E-state index in [1.165, 1.54) is 6.07 Å². The first kappa shape index (κ1) is 39.9. The Morgan fingerprint density at radius 3 is 2.26 bits per heavy atom. The summed E-state index contributed by atoms with van der Waals surface area (Å²) in [6, 6.07) is 26.7. The third-order valence-corrected chi connectivity index (χ3v) is 9.32. The zero-order valence-corrected chi connectivity index (χ0v) is 29.8. The van der Waals surface area contributed by atoms with E-state index >= 15 is 0 Å². The molecule has 54 heavy (non-hydrogen) atoms. The second-order valence-electron chi connectivity index (χ2n) is 12.8. The molecular weight excluding hydrogens is 748 g/mol. The Morgan fingerprint density at radius 2 is 1.59 bits per heavy atom. The Labute approximate surface area is 319 Å². The number of rotatable bonds is 12. The molecule has 0 aliphatic carbocycles. The SMILES string of the molecule is O=C(O)[C@@H](N=C(c1ccccc1)c1ccccc1[N-]C(=O)[C@@H]1CCCN1Cc1ccccc1)[C@H](CC(=O)N1CCOC1=O)c1cccc(C(F)(F)F)c1.[Ni]. The van der Waals surface area contributed by atoms with Crippen LogP contribution in [0.25, 0.3) is 5.32 Å². The standard InChI is InChI=1S/C40H37F3N4O6.Ni/c41-40(42,43)29-16-9-15-28(23-29)31(24-34(48)47-21-22-53-39(47)52)36(38(50)51)45-35(27-13-5-2-6-14-27)30-17-7-8-18-32(30)44-37(49)33-19-10-20-46(33)25-26-11-3-1-4-12-26;/h1-9,11-18,23,31,33,36H,10,19-22,24-25H2,(H2,44,45,49,50,51);/p-1/t31-,33+,36+;/m1./s1. The fourth-order valence-electron chi connectivity index (χ4n) is 6.71. The van der Waals surface area contributed by atoms with E-state index in [1.807, 2.05) is 30.3 Å². The minimum Gasteiger partial charge on any atom is -0.625 e. The van der Waals surface area contributed by atoms with Gasteiger partial charge in [-0.3, -0.25) is 14.7 Å². The number of carbonyl (C=O) groups excluding carboxylic acids is 3. The Kier molecular flexibility index (Phi) is 13.0. The molecule has 0 spiro atoms. The minimum absolute atomic E-state index is 0. The monoisotopic (exact) mass is 783 g/mol. The molecule has 0 unspecified atom stereocenters. The van der Waals surface area contributed by atoms with Crippen molar-refractivity contribution < 1.29 is 58.7 Å². The van der Waals surface area contributed by atoms with Gasteiger partial charge in [0.05, 0.1) is 29.8 Å². The van der Waals surface area contributed by atoms with Crippen LogP contribution in [0.3, 0.4) is 0 Å². The molecule has 14 heteroatoms. The number of aliphatic carboxylic acids is 1. The van der Waals surface area contributed by atoms with E-state index in [4.69, 9.17) is 4.74 Å². The number of aliphatic imine (C=N–C) groups is 1. The molecule has 6 rings (SSSR count). The van der Waals surface area contributed by atoms with Gasteiger partial charge in [0, 0.05) is 40.9 Å². The first-order valence-electron chi connectivity index (χ1n) is 17.1. The molecule has 2 aliphatic rings.